The van der Waals surface area contributed by atoms with E-state index in [4.69, 9.17) is 9.47 Å². The van der Waals surface area contributed by atoms with Gasteiger partial charge in [-0.3, -0.25) is 4.79 Å². The number of aryl methyl sites for hydroxylation is 1. The number of carbonyl (C=O) groups is 2. The molecule has 0 saturated carbocycles. The van der Waals surface area contributed by atoms with Crippen molar-refractivity contribution < 1.29 is 19.1 Å². The van der Waals surface area contributed by atoms with E-state index in [-0.39, 0.29) is 5.91 Å². The zero-order valence-corrected chi connectivity index (χ0v) is 17.5. The van der Waals surface area contributed by atoms with Crippen molar-refractivity contribution in [1.82, 2.24) is 10.3 Å². The molecule has 0 saturated heterocycles. The number of esters is 1. The van der Waals surface area contributed by atoms with E-state index in [2.05, 4.69) is 17.2 Å². The average molecular weight is 406 g/mol. The number of hydrogen-bond donors (Lipinski definition) is 2. The van der Waals surface area contributed by atoms with E-state index in [0.717, 1.165) is 39.8 Å². The van der Waals surface area contributed by atoms with Gasteiger partial charge < -0.3 is 19.8 Å². The highest BCUT2D eigenvalue weighted by molar-refractivity contribution is 5.97. The van der Waals surface area contributed by atoms with Crippen LogP contribution in [0.15, 0.2) is 42.6 Å². The molecule has 1 amide bonds. The summed E-state index contributed by atoms with van der Waals surface area (Å²) < 4.78 is 10.8. The fourth-order valence-corrected chi connectivity index (χ4v) is 3.99. The standard InChI is InChI=1S/C24H26N2O4/c1-4-15-5-7-20-17(11-15)13-24(2,30-22(20)27)23(28)25-10-9-16-14-26-21-12-18(29-3)6-8-19(16)21/h5-8,11-12,14,26H,4,9-10,13H2,1-3H3,(H,25,28). The minimum atomic E-state index is -1.20. The number of hydrogen-bond acceptors (Lipinski definition) is 4. The number of amides is 1. The molecule has 2 heterocycles. The molecule has 1 unspecified atom stereocenters. The second-order valence-corrected chi connectivity index (χ2v) is 7.87. The normalized spacial score (nSPS) is 18.0. The Morgan fingerprint density at radius 2 is 2.10 bits per heavy atom. The fraction of sp³-hybridized carbons (Fsp3) is 0.333. The molecule has 1 aliphatic rings. The second kappa shape index (κ2) is 7.86. The highest BCUT2D eigenvalue weighted by Crippen LogP contribution is 2.29. The Kier molecular flexibility index (Phi) is 5.24. The Bertz CT molecular complexity index is 1120. The quantitative estimate of drug-likeness (QED) is 0.614. The molecule has 0 fully saturated rings. The van der Waals surface area contributed by atoms with Gasteiger partial charge in [0.15, 0.2) is 5.60 Å². The van der Waals surface area contributed by atoms with E-state index < -0.39 is 11.6 Å². The summed E-state index contributed by atoms with van der Waals surface area (Å²) in [6.07, 6.45) is 3.86. The van der Waals surface area contributed by atoms with Crippen LogP contribution in [0, 0.1) is 0 Å². The Hall–Kier alpha value is -3.28. The first-order valence-corrected chi connectivity index (χ1v) is 10.2. The Morgan fingerprint density at radius 3 is 2.87 bits per heavy atom. The van der Waals surface area contributed by atoms with Crippen molar-refractivity contribution in [2.75, 3.05) is 13.7 Å². The smallest absolute Gasteiger partial charge is 0.339 e. The summed E-state index contributed by atoms with van der Waals surface area (Å²) in [4.78, 5) is 28.6. The van der Waals surface area contributed by atoms with Gasteiger partial charge >= 0.3 is 5.97 Å². The molecule has 2 aromatic carbocycles. The van der Waals surface area contributed by atoms with Gasteiger partial charge in [-0.05, 0) is 54.7 Å². The third-order valence-electron chi connectivity index (χ3n) is 5.78. The zero-order valence-electron chi connectivity index (χ0n) is 17.5. The number of cyclic esters (lactones) is 1. The number of aromatic amines is 1. The molecule has 4 rings (SSSR count). The van der Waals surface area contributed by atoms with Crippen molar-refractivity contribution in [2.24, 2.45) is 0 Å². The number of aromatic nitrogens is 1. The molecule has 30 heavy (non-hydrogen) atoms. The van der Waals surface area contributed by atoms with E-state index in [1.54, 1.807) is 20.1 Å². The van der Waals surface area contributed by atoms with Gasteiger partial charge in [0.1, 0.15) is 5.75 Å². The number of fused-ring (bicyclic) bond motifs is 2. The predicted octanol–water partition coefficient (Wildman–Crippen LogP) is 3.57. The summed E-state index contributed by atoms with van der Waals surface area (Å²) in [5.74, 6) is 0.0785. The van der Waals surface area contributed by atoms with Crippen LogP contribution < -0.4 is 10.1 Å². The largest absolute Gasteiger partial charge is 0.497 e. The van der Waals surface area contributed by atoms with Crippen molar-refractivity contribution in [1.29, 1.82) is 0 Å². The highest BCUT2D eigenvalue weighted by Gasteiger charge is 2.42. The van der Waals surface area contributed by atoms with Gasteiger partial charge in [-0.25, -0.2) is 4.79 Å². The number of carbonyl (C=O) groups excluding carboxylic acids is 2. The van der Waals surface area contributed by atoms with Gasteiger partial charge in [-0.2, -0.15) is 0 Å². The topological polar surface area (TPSA) is 80.4 Å². The number of nitrogens with one attached hydrogen (secondary N) is 2. The molecule has 1 atom stereocenters. The molecular weight excluding hydrogens is 380 g/mol. The molecule has 156 valence electrons. The van der Waals surface area contributed by atoms with Crippen molar-refractivity contribution >= 4 is 22.8 Å². The highest BCUT2D eigenvalue weighted by atomic mass is 16.6. The van der Waals surface area contributed by atoms with Crippen LogP contribution in [0.2, 0.25) is 0 Å². The lowest BCUT2D eigenvalue weighted by molar-refractivity contribution is -0.139. The monoisotopic (exact) mass is 406 g/mol. The van der Waals surface area contributed by atoms with E-state index in [9.17, 15) is 9.59 Å². The summed E-state index contributed by atoms with van der Waals surface area (Å²) in [5, 5.41) is 4.04. The molecule has 3 aromatic rings. The first-order valence-electron chi connectivity index (χ1n) is 10.2. The molecule has 2 N–H and O–H groups in total. The number of methoxy groups -OCH3 is 1. The van der Waals surface area contributed by atoms with E-state index in [1.807, 2.05) is 36.5 Å². The number of H-pyrrole nitrogens is 1. The van der Waals surface area contributed by atoms with Gasteiger partial charge in [-0.15, -0.1) is 0 Å². The van der Waals surface area contributed by atoms with Crippen LogP contribution in [0.3, 0.4) is 0 Å². The van der Waals surface area contributed by atoms with Crippen LogP contribution in [0.1, 0.15) is 40.9 Å². The third-order valence-corrected chi connectivity index (χ3v) is 5.78. The second-order valence-electron chi connectivity index (χ2n) is 7.87. The molecular formula is C24H26N2O4. The number of ether oxygens (including phenoxy) is 2. The van der Waals surface area contributed by atoms with E-state index in [0.29, 0.717) is 24.9 Å². The van der Waals surface area contributed by atoms with Crippen LogP contribution in [0.5, 0.6) is 5.75 Å². The molecule has 1 aromatic heterocycles. The van der Waals surface area contributed by atoms with Crippen molar-refractivity contribution in [3.8, 4) is 5.75 Å². The van der Waals surface area contributed by atoms with E-state index >= 15 is 0 Å². The Balaban J connectivity index is 1.43. The fourth-order valence-electron chi connectivity index (χ4n) is 3.99. The van der Waals surface area contributed by atoms with E-state index in [1.165, 1.54) is 0 Å². The first kappa shape index (κ1) is 20.0. The molecule has 0 spiro atoms. The molecule has 0 radical (unpaired) electrons. The summed E-state index contributed by atoms with van der Waals surface area (Å²) >= 11 is 0. The first-order chi connectivity index (χ1) is 14.4. The molecule has 1 aliphatic heterocycles. The summed E-state index contributed by atoms with van der Waals surface area (Å²) in [5.41, 5.74) is 3.45. The molecule has 0 aliphatic carbocycles. The zero-order chi connectivity index (χ0) is 21.3. The lowest BCUT2D eigenvalue weighted by Gasteiger charge is -2.33. The van der Waals surface area contributed by atoms with Crippen LogP contribution in [-0.4, -0.2) is 36.1 Å². The molecule has 6 heteroatoms. The Labute approximate surface area is 175 Å². The third kappa shape index (κ3) is 3.65. The summed E-state index contributed by atoms with van der Waals surface area (Å²) in [6.45, 7) is 4.20. The average Bonchev–Trinajstić information content (AvgIpc) is 3.15. The minimum absolute atomic E-state index is 0.273. The van der Waals surface area contributed by atoms with Gasteiger partial charge in [0.05, 0.1) is 12.7 Å². The molecule has 6 nitrogen and oxygen atoms in total. The van der Waals surface area contributed by atoms with Gasteiger partial charge in [0.25, 0.3) is 5.91 Å². The summed E-state index contributed by atoms with van der Waals surface area (Å²) in [6, 6.07) is 11.6. The van der Waals surface area contributed by atoms with Crippen LogP contribution in [-0.2, 0) is 28.8 Å². The minimum Gasteiger partial charge on any atom is -0.497 e. The van der Waals surface area contributed by atoms with Crippen molar-refractivity contribution in [3.05, 3.63) is 64.8 Å². The number of benzene rings is 2. The SMILES string of the molecule is CCc1ccc2c(c1)CC(C)(C(=O)NCCc1c[nH]c3cc(OC)ccc13)OC2=O. The van der Waals surface area contributed by atoms with Gasteiger partial charge in [-0.1, -0.05) is 19.1 Å². The Morgan fingerprint density at radius 1 is 1.27 bits per heavy atom. The maximum absolute atomic E-state index is 12.9. The van der Waals surface area contributed by atoms with Crippen molar-refractivity contribution in [3.63, 3.8) is 0 Å². The maximum Gasteiger partial charge on any atom is 0.339 e. The maximum atomic E-state index is 12.9. The lowest BCUT2D eigenvalue weighted by atomic mass is 9.88. The predicted molar refractivity (Wildman–Crippen MR) is 115 cm³/mol. The van der Waals surface area contributed by atoms with Crippen molar-refractivity contribution in [2.45, 2.75) is 38.7 Å². The van der Waals surface area contributed by atoms with Gasteiger partial charge in [0, 0.05) is 36.1 Å². The summed E-state index contributed by atoms with van der Waals surface area (Å²) in [7, 11) is 1.64. The van der Waals surface area contributed by atoms with Crippen LogP contribution in [0.4, 0.5) is 0 Å². The molecule has 0 bridgehead atoms. The number of rotatable bonds is 6. The van der Waals surface area contributed by atoms with Crippen LogP contribution in [0.25, 0.3) is 10.9 Å². The lowest BCUT2D eigenvalue weighted by Crippen LogP contribution is -2.52. The van der Waals surface area contributed by atoms with Gasteiger partial charge in [0.2, 0.25) is 0 Å². The van der Waals surface area contributed by atoms with Crippen LogP contribution >= 0.6 is 0 Å².